The maximum Gasteiger partial charge on any atom is 0.224 e. The van der Waals surface area contributed by atoms with Gasteiger partial charge in [-0.05, 0) is 62.8 Å². The number of amides is 1. The van der Waals surface area contributed by atoms with E-state index in [2.05, 4.69) is 60.8 Å². The Morgan fingerprint density at radius 1 is 1.12 bits per heavy atom. The van der Waals surface area contributed by atoms with Crippen LogP contribution in [0.2, 0.25) is 0 Å². The fraction of sp³-hybridized carbons (Fsp3) is 0.636. The summed E-state index contributed by atoms with van der Waals surface area (Å²) >= 11 is 1.61. The van der Waals surface area contributed by atoms with E-state index in [0.717, 1.165) is 67.1 Å². The fourth-order valence-corrected chi connectivity index (χ4v) is 7.26. The second-order valence-corrected chi connectivity index (χ2v) is 13.7. The van der Waals surface area contributed by atoms with Crippen LogP contribution in [0.1, 0.15) is 82.2 Å². The van der Waals surface area contributed by atoms with Gasteiger partial charge in [0.05, 0.1) is 21.1 Å². The van der Waals surface area contributed by atoms with E-state index in [1.807, 2.05) is 0 Å². The minimum absolute atomic E-state index is 0.00107. The number of carbonyl (C=O) groups is 3. The molecular formula is C33H48N4O3S. The standard InChI is InChI=1S/C33H48N4O3S/c1-22(2)26-10-11-29-31(19-26)41-32(34-29)20-27(18-24(4)38)33(40)35-28(25-8-6-7-9-25)12-13-30(39)23(3)21-37-16-14-36(5)15-17-37/h10-11,19,22,25,27-28H,3,6-9,12-18,20-21H2,1-2,4-5H3,(H,35,40)/t27-,28+/m0/s1. The Hall–Kier alpha value is -2.42. The quantitative estimate of drug-likeness (QED) is 0.302. The minimum atomic E-state index is -0.468. The van der Waals surface area contributed by atoms with Crippen molar-refractivity contribution in [1.29, 1.82) is 0 Å². The molecule has 0 unspecified atom stereocenters. The number of Topliss-reactive ketones (excluding diaryl/α,β-unsaturated/α-hetero) is 2. The Morgan fingerprint density at radius 2 is 1.83 bits per heavy atom. The number of ketones is 2. The van der Waals surface area contributed by atoms with Crippen molar-refractivity contribution in [3.05, 3.63) is 40.9 Å². The summed E-state index contributed by atoms with van der Waals surface area (Å²) in [6.45, 7) is 14.5. The molecule has 1 saturated heterocycles. The molecule has 2 fully saturated rings. The van der Waals surface area contributed by atoms with Crippen LogP contribution in [0.3, 0.4) is 0 Å². The van der Waals surface area contributed by atoms with E-state index in [1.54, 1.807) is 18.3 Å². The first-order chi connectivity index (χ1) is 19.6. The average molecular weight is 581 g/mol. The predicted molar refractivity (Wildman–Crippen MR) is 167 cm³/mol. The van der Waals surface area contributed by atoms with Gasteiger partial charge in [0.25, 0.3) is 0 Å². The fourth-order valence-electron chi connectivity index (χ4n) is 6.16. The molecule has 2 heterocycles. The Bertz CT molecular complexity index is 1220. The van der Waals surface area contributed by atoms with Gasteiger partial charge in [0, 0.05) is 63.6 Å². The molecule has 2 aromatic rings. The van der Waals surface area contributed by atoms with Crippen molar-refractivity contribution < 1.29 is 14.4 Å². The molecule has 7 nitrogen and oxygen atoms in total. The Balaban J connectivity index is 1.39. The van der Waals surface area contributed by atoms with Crippen LogP contribution in [-0.2, 0) is 20.8 Å². The molecule has 1 aliphatic carbocycles. The summed E-state index contributed by atoms with van der Waals surface area (Å²) in [7, 11) is 2.12. The van der Waals surface area contributed by atoms with Crippen LogP contribution >= 0.6 is 11.3 Å². The highest BCUT2D eigenvalue weighted by Crippen LogP contribution is 2.31. The number of nitrogens with one attached hydrogen (secondary N) is 1. The lowest BCUT2D eigenvalue weighted by atomic mass is 9.90. The highest BCUT2D eigenvalue weighted by molar-refractivity contribution is 7.18. The lowest BCUT2D eigenvalue weighted by Gasteiger charge is -2.32. The molecule has 0 radical (unpaired) electrons. The number of nitrogens with zero attached hydrogens (tertiary/aromatic N) is 3. The van der Waals surface area contributed by atoms with Gasteiger partial charge in [-0.25, -0.2) is 4.98 Å². The topological polar surface area (TPSA) is 82.6 Å². The molecule has 1 saturated carbocycles. The zero-order chi connectivity index (χ0) is 29.5. The molecule has 1 N–H and O–H groups in total. The van der Waals surface area contributed by atoms with E-state index in [4.69, 9.17) is 4.98 Å². The number of rotatable bonds is 14. The third-order valence-electron chi connectivity index (χ3n) is 8.83. The van der Waals surface area contributed by atoms with E-state index in [1.165, 1.54) is 5.56 Å². The number of fused-ring (bicyclic) bond motifs is 1. The number of hydrogen-bond acceptors (Lipinski definition) is 7. The summed E-state index contributed by atoms with van der Waals surface area (Å²) in [5, 5.41) is 4.20. The smallest absolute Gasteiger partial charge is 0.224 e. The molecule has 224 valence electrons. The Kier molecular flexibility index (Phi) is 11.3. The van der Waals surface area contributed by atoms with Crippen LogP contribution in [0, 0.1) is 11.8 Å². The number of piperazine rings is 1. The summed E-state index contributed by atoms with van der Waals surface area (Å²) in [6.07, 6.45) is 6.08. The van der Waals surface area contributed by atoms with Crippen LogP contribution in [0.25, 0.3) is 10.2 Å². The lowest BCUT2D eigenvalue weighted by Crippen LogP contribution is -2.45. The second kappa shape index (κ2) is 14.7. The molecule has 2 atom stereocenters. The van der Waals surface area contributed by atoms with E-state index in [0.29, 0.717) is 43.2 Å². The zero-order valence-corrected chi connectivity index (χ0v) is 26.2. The van der Waals surface area contributed by atoms with Crippen molar-refractivity contribution in [1.82, 2.24) is 20.1 Å². The van der Waals surface area contributed by atoms with Crippen LogP contribution in [-0.4, -0.2) is 78.1 Å². The third-order valence-corrected chi connectivity index (χ3v) is 9.87. The van der Waals surface area contributed by atoms with Gasteiger partial charge in [-0.1, -0.05) is 39.3 Å². The van der Waals surface area contributed by atoms with Gasteiger partial charge < -0.3 is 15.0 Å². The summed E-state index contributed by atoms with van der Waals surface area (Å²) in [5.41, 5.74) is 2.87. The lowest BCUT2D eigenvalue weighted by molar-refractivity contribution is -0.129. The molecule has 1 aromatic carbocycles. The maximum atomic E-state index is 13.7. The van der Waals surface area contributed by atoms with Crippen LogP contribution in [0.5, 0.6) is 0 Å². The first kappa shape index (κ1) is 31.5. The summed E-state index contributed by atoms with van der Waals surface area (Å²) in [4.78, 5) is 48.3. The van der Waals surface area contributed by atoms with E-state index in [9.17, 15) is 14.4 Å². The predicted octanol–water partition coefficient (Wildman–Crippen LogP) is 5.39. The van der Waals surface area contributed by atoms with Gasteiger partial charge in [0.15, 0.2) is 5.78 Å². The number of carbonyl (C=O) groups excluding carboxylic acids is 3. The van der Waals surface area contributed by atoms with Crippen molar-refractivity contribution in [2.45, 2.75) is 84.1 Å². The molecule has 0 spiro atoms. The first-order valence-corrected chi connectivity index (χ1v) is 16.2. The van der Waals surface area contributed by atoms with Gasteiger partial charge in [-0.2, -0.15) is 0 Å². The van der Waals surface area contributed by atoms with E-state index >= 15 is 0 Å². The third kappa shape index (κ3) is 9.03. The van der Waals surface area contributed by atoms with Gasteiger partial charge in [-0.3, -0.25) is 14.5 Å². The first-order valence-electron chi connectivity index (χ1n) is 15.4. The van der Waals surface area contributed by atoms with Crippen molar-refractivity contribution in [2.24, 2.45) is 11.8 Å². The number of hydrogen-bond donors (Lipinski definition) is 1. The summed E-state index contributed by atoms with van der Waals surface area (Å²) < 4.78 is 1.12. The van der Waals surface area contributed by atoms with Crippen molar-refractivity contribution in [2.75, 3.05) is 39.8 Å². The molecule has 1 amide bonds. The minimum Gasteiger partial charge on any atom is -0.353 e. The summed E-state index contributed by atoms with van der Waals surface area (Å²) in [6, 6.07) is 6.29. The van der Waals surface area contributed by atoms with E-state index in [-0.39, 0.29) is 29.9 Å². The molecule has 2 aliphatic rings. The zero-order valence-electron chi connectivity index (χ0n) is 25.4. The SMILES string of the molecule is C=C(CN1CCN(C)CC1)C(=O)CC[C@@H](NC(=O)[C@@H](CC(C)=O)Cc1nc2ccc(C(C)C)cc2s1)C1CCCC1. The second-order valence-electron chi connectivity index (χ2n) is 12.6. The Morgan fingerprint density at radius 3 is 2.49 bits per heavy atom. The maximum absolute atomic E-state index is 13.7. The van der Waals surface area contributed by atoms with Crippen LogP contribution in [0.4, 0.5) is 0 Å². The molecular weight excluding hydrogens is 532 g/mol. The highest BCUT2D eigenvalue weighted by atomic mass is 32.1. The normalized spacial score (nSPS) is 18.6. The highest BCUT2D eigenvalue weighted by Gasteiger charge is 2.31. The molecule has 1 aliphatic heterocycles. The summed E-state index contributed by atoms with van der Waals surface area (Å²) in [5.74, 6) is 0.335. The van der Waals surface area contributed by atoms with Crippen molar-refractivity contribution >= 4 is 39.0 Å². The average Bonchev–Trinajstić information content (AvgIpc) is 3.61. The largest absolute Gasteiger partial charge is 0.353 e. The molecule has 1 aromatic heterocycles. The molecule has 4 rings (SSSR count). The number of likely N-dealkylation sites (N-methyl/N-ethyl adjacent to an activating group) is 1. The van der Waals surface area contributed by atoms with Crippen molar-refractivity contribution in [3.63, 3.8) is 0 Å². The molecule has 41 heavy (non-hydrogen) atoms. The van der Waals surface area contributed by atoms with Gasteiger partial charge in [0.2, 0.25) is 5.91 Å². The van der Waals surface area contributed by atoms with Crippen LogP contribution in [0.15, 0.2) is 30.4 Å². The number of benzene rings is 1. The van der Waals surface area contributed by atoms with Gasteiger partial charge in [-0.15, -0.1) is 11.3 Å². The van der Waals surface area contributed by atoms with E-state index < -0.39 is 5.92 Å². The molecule has 0 bridgehead atoms. The number of aromatic nitrogens is 1. The van der Waals surface area contributed by atoms with Crippen molar-refractivity contribution in [3.8, 4) is 0 Å². The Labute approximate surface area is 249 Å². The van der Waals surface area contributed by atoms with Gasteiger partial charge in [0.1, 0.15) is 5.78 Å². The van der Waals surface area contributed by atoms with Crippen LogP contribution < -0.4 is 5.32 Å². The van der Waals surface area contributed by atoms with Gasteiger partial charge >= 0.3 is 0 Å². The number of thiazole rings is 1. The monoisotopic (exact) mass is 580 g/mol. The molecule has 8 heteroatoms.